The third kappa shape index (κ3) is 8.06. The quantitative estimate of drug-likeness (QED) is 0.198. The van der Waals surface area contributed by atoms with Crippen LogP contribution in [0.3, 0.4) is 0 Å². The van der Waals surface area contributed by atoms with Gasteiger partial charge in [0.1, 0.15) is 18.3 Å². The molecule has 0 aliphatic rings. The van der Waals surface area contributed by atoms with Gasteiger partial charge in [-0.2, -0.15) is 0 Å². The molecule has 0 aliphatic carbocycles. The van der Waals surface area contributed by atoms with Crippen molar-refractivity contribution in [2.75, 3.05) is 19.8 Å². The molecule has 188 valence electrons. The predicted octanol–water partition coefficient (Wildman–Crippen LogP) is 5.11. The van der Waals surface area contributed by atoms with Gasteiger partial charge >= 0.3 is 17.9 Å². The first-order valence-corrected chi connectivity index (χ1v) is 11.7. The molecule has 3 rings (SSSR count). The zero-order chi connectivity index (χ0) is 25.8. The van der Waals surface area contributed by atoms with Crippen molar-refractivity contribution >= 4 is 17.9 Å². The highest BCUT2D eigenvalue weighted by molar-refractivity contribution is 5.90. The van der Waals surface area contributed by atoms with Crippen LogP contribution in [0.5, 0.6) is 0 Å². The van der Waals surface area contributed by atoms with E-state index in [1.54, 1.807) is 86.6 Å². The topological polar surface area (TPSA) is 88.1 Å². The van der Waals surface area contributed by atoms with E-state index in [0.717, 1.165) is 0 Å². The van der Waals surface area contributed by atoms with Gasteiger partial charge < -0.3 is 18.9 Å². The van der Waals surface area contributed by atoms with Crippen LogP contribution in [0, 0.1) is 0 Å². The molecule has 0 amide bonds. The predicted molar refractivity (Wildman–Crippen MR) is 134 cm³/mol. The van der Waals surface area contributed by atoms with Crippen LogP contribution in [0.2, 0.25) is 0 Å². The van der Waals surface area contributed by atoms with E-state index >= 15 is 0 Å². The lowest BCUT2D eigenvalue weighted by Gasteiger charge is -2.34. The van der Waals surface area contributed by atoms with E-state index in [0.29, 0.717) is 16.7 Å². The molecule has 0 heterocycles. The van der Waals surface area contributed by atoms with Gasteiger partial charge in [0.2, 0.25) is 0 Å². The van der Waals surface area contributed by atoms with Crippen molar-refractivity contribution in [1.29, 1.82) is 0 Å². The van der Waals surface area contributed by atoms with E-state index in [4.69, 9.17) is 18.9 Å². The average molecular weight is 491 g/mol. The molecule has 0 saturated carbocycles. The Labute approximate surface area is 210 Å². The zero-order valence-electron chi connectivity index (χ0n) is 20.4. The molecular weight excluding hydrogens is 460 g/mol. The van der Waals surface area contributed by atoms with Gasteiger partial charge in [0.05, 0.1) is 29.9 Å². The minimum atomic E-state index is -1.06. The van der Waals surface area contributed by atoms with Gasteiger partial charge in [-0.05, 0) is 50.2 Å². The van der Waals surface area contributed by atoms with Crippen molar-refractivity contribution in [1.82, 2.24) is 0 Å². The van der Waals surface area contributed by atoms with Crippen molar-refractivity contribution in [3.8, 4) is 0 Å². The molecule has 0 unspecified atom stereocenters. The lowest BCUT2D eigenvalue weighted by atomic mass is 9.98. The van der Waals surface area contributed by atoms with Gasteiger partial charge in [-0.15, -0.1) is 0 Å². The number of hydrogen-bond acceptors (Lipinski definition) is 7. The smallest absolute Gasteiger partial charge is 0.338 e. The summed E-state index contributed by atoms with van der Waals surface area (Å²) in [4.78, 5) is 37.1. The van der Waals surface area contributed by atoms with Crippen molar-refractivity contribution in [2.24, 2.45) is 0 Å². The molecule has 1 atom stereocenters. The Kier molecular flexibility index (Phi) is 9.77. The standard InChI is InChI=1S/C29H30O7/c1-29(2,36-28(32)24-16-10-5-11-17-24)25(18-19-34-26(30)22-12-6-3-7-13-22)33-20-21-35-27(31)23-14-8-4-9-15-23/h3-17,25H,18-21H2,1-2H3/t25-/m1/s1. The highest BCUT2D eigenvalue weighted by Gasteiger charge is 2.35. The van der Waals surface area contributed by atoms with Gasteiger partial charge in [-0.1, -0.05) is 54.6 Å². The fraction of sp³-hybridized carbons (Fsp3) is 0.276. The van der Waals surface area contributed by atoms with Gasteiger partial charge in [0.25, 0.3) is 0 Å². The largest absolute Gasteiger partial charge is 0.462 e. The Morgan fingerprint density at radius 1 is 0.611 bits per heavy atom. The van der Waals surface area contributed by atoms with E-state index in [9.17, 15) is 14.4 Å². The molecule has 3 aromatic rings. The molecule has 0 aromatic heterocycles. The van der Waals surface area contributed by atoms with Crippen molar-refractivity contribution in [2.45, 2.75) is 32.0 Å². The SMILES string of the molecule is CC(C)(OC(=O)c1ccccc1)[C@@H](CCOC(=O)c1ccccc1)OCCOC(=O)c1ccccc1. The highest BCUT2D eigenvalue weighted by Crippen LogP contribution is 2.23. The van der Waals surface area contributed by atoms with Crippen LogP contribution in [0.4, 0.5) is 0 Å². The number of ether oxygens (including phenoxy) is 4. The Hall–Kier alpha value is -3.97. The van der Waals surface area contributed by atoms with E-state index in [2.05, 4.69) is 0 Å². The molecule has 3 aromatic carbocycles. The maximum absolute atomic E-state index is 12.7. The monoisotopic (exact) mass is 490 g/mol. The second-order valence-corrected chi connectivity index (χ2v) is 8.51. The Balaban J connectivity index is 1.59. The normalized spacial score (nSPS) is 11.8. The molecule has 7 heteroatoms. The fourth-order valence-electron chi connectivity index (χ4n) is 3.47. The third-order valence-corrected chi connectivity index (χ3v) is 5.41. The minimum absolute atomic E-state index is 0.0107. The zero-order valence-corrected chi connectivity index (χ0v) is 20.4. The van der Waals surface area contributed by atoms with Crippen LogP contribution in [0.1, 0.15) is 51.3 Å². The van der Waals surface area contributed by atoms with E-state index in [1.165, 1.54) is 0 Å². The average Bonchev–Trinajstić information content (AvgIpc) is 2.90. The maximum Gasteiger partial charge on any atom is 0.338 e. The molecule has 0 spiro atoms. The first-order chi connectivity index (χ1) is 17.4. The number of hydrogen-bond donors (Lipinski definition) is 0. The molecule has 0 N–H and O–H groups in total. The third-order valence-electron chi connectivity index (χ3n) is 5.41. The Morgan fingerprint density at radius 2 is 1.03 bits per heavy atom. The summed E-state index contributed by atoms with van der Waals surface area (Å²) in [6.07, 6.45) is -0.371. The van der Waals surface area contributed by atoms with Crippen molar-refractivity contribution < 1.29 is 33.3 Å². The second kappa shape index (κ2) is 13.2. The molecule has 0 aliphatic heterocycles. The van der Waals surface area contributed by atoms with Crippen molar-refractivity contribution in [3.63, 3.8) is 0 Å². The number of esters is 3. The lowest BCUT2D eigenvalue weighted by molar-refractivity contribution is -0.111. The van der Waals surface area contributed by atoms with Crippen LogP contribution in [0.15, 0.2) is 91.0 Å². The molecular formula is C29H30O7. The molecule has 0 bridgehead atoms. The lowest BCUT2D eigenvalue weighted by Crippen LogP contribution is -2.44. The summed E-state index contributed by atoms with van der Waals surface area (Å²) in [7, 11) is 0. The Morgan fingerprint density at radius 3 is 1.50 bits per heavy atom. The summed E-state index contributed by atoms with van der Waals surface area (Å²) < 4.78 is 22.4. The Bertz CT molecular complexity index is 1110. The highest BCUT2D eigenvalue weighted by atomic mass is 16.6. The van der Waals surface area contributed by atoms with Crippen LogP contribution in [-0.2, 0) is 18.9 Å². The van der Waals surface area contributed by atoms with Gasteiger partial charge in [0, 0.05) is 6.42 Å². The molecule has 36 heavy (non-hydrogen) atoms. The van der Waals surface area contributed by atoms with Crippen LogP contribution in [-0.4, -0.2) is 49.4 Å². The molecule has 0 radical (unpaired) electrons. The summed E-state index contributed by atoms with van der Waals surface area (Å²) in [6.45, 7) is 3.59. The van der Waals surface area contributed by atoms with Crippen LogP contribution >= 0.6 is 0 Å². The van der Waals surface area contributed by atoms with E-state index in [-0.39, 0.29) is 26.2 Å². The van der Waals surface area contributed by atoms with Gasteiger partial charge in [-0.3, -0.25) is 0 Å². The maximum atomic E-state index is 12.7. The summed E-state index contributed by atoms with van der Waals surface area (Å²) in [5.41, 5.74) is 0.239. The summed E-state index contributed by atoms with van der Waals surface area (Å²) in [5.74, 6) is -1.40. The van der Waals surface area contributed by atoms with Gasteiger partial charge in [-0.25, -0.2) is 14.4 Å². The van der Waals surface area contributed by atoms with Crippen molar-refractivity contribution in [3.05, 3.63) is 108 Å². The number of carbonyl (C=O) groups is 3. The molecule has 0 saturated heterocycles. The number of benzene rings is 3. The van der Waals surface area contributed by atoms with Crippen LogP contribution < -0.4 is 0 Å². The number of rotatable bonds is 12. The summed E-state index contributed by atoms with van der Waals surface area (Å²) in [5, 5.41) is 0. The van der Waals surface area contributed by atoms with E-state index < -0.39 is 29.6 Å². The molecule has 0 fully saturated rings. The summed E-state index contributed by atoms with van der Waals surface area (Å²) in [6, 6.07) is 26.0. The minimum Gasteiger partial charge on any atom is -0.462 e. The molecule has 7 nitrogen and oxygen atoms in total. The second-order valence-electron chi connectivity index (χ2n) is 8.51. The van der Waals surface area contributed by atoms with E-state index in [1.807, 2.05) is 18.2 Å². The fourth-order valence-corrected chi connectivity index (χ4v) is 3.47. The van der Waals surface area contributed by atoms with Crippen LogP contribution in [0.25, 0.3) is 0 Å². The summed E-state index contributed by atoms with van der Waals surface area (Å²) >= 11 is 0. The first-order valence-electron chi connectivity index (χ1n) is 11.7. The van der Waals surface area contributed by atoms with Gasteiger partial charge in [0.15, 0.2) is 0 Å². The first kappa shape index (κ1) is 26.6. The number of carbonyl (C=O) groups excluding carboxylic acids is 3.